The standard InChI is InChI=1S/C23H34ClFO/c1-3-5-16-6-8-17(9-7-16)18-10-12-19(13-11-18)20-14-15-21(24)23(22(20)25)26-4-2/h14-19H,3-13H2,1-2H3. The maximum Gasteiger partial charge on any atom is 0.173 e. The average Bonchev–Trinajstić information content (AvgIpc) is 2.66. The summed E-state index contributed by atoms with van der Waals surface area (Å²) in [5.74, 6) is 3.08. The second-order valence-corrected chi connectivity index (χ2v) is 8.80. The van der Waals surface area contributed by atoms with Crippen molar-refractivity contribution in [3.05, 3.63) is 28.5 Å². The Labute approximate surface area is 163 Å². The first kappa shape index (κ1) is 20.0. The maximum atomic E-state index is 14.9. The van der Waals surface area contributed by atoms with Crippen LogP contribution in [-0.4, -0.2) is 6.61 Å². The summed E-state index contributed by atoms with van der Waals surface area (Å²) in [4.78, 5) is 0. The molecule has 2 aliphatic carbocycles. The average molecular weight is 381 g/mol. The topological polar surface area (TPSA) is 9.23 Å². The van der Waals surface area contributed by atoms with Gasteiger partial charge >= 0.3 is 0 Å². The van der Waals surface area contributed by atoms with E-state index in [4.69, 9.17) is 16.3 Å². The number of hydrogen-bond acceptors (Lipinski definition) is 1. The summed E-state index contributed by atoms with van der Waals surface area (Å²) < 4.78 is 20.3. The third kappa shape index (κ3) is 4.55. The summed E-state index contributed by atoms with van der Waals surface area (Å²) in [7, 11) is 0. The predicted molar refractivity (Wildman–Crippen MR) is 108 cm³/mol. The number of benzene rings is 1. The van der Waals surface area contributed by atoms with Crippen molar-refractivity contribution >= 4 is 11.6 Å². The predicted octanol–water partition coefficient (Wildman–Crippen LogP) is 7.76. The SMILES string of the molecule is CCCC1CCC(C2CCC(c3ccc(Cl)c(OCC)c3F)CC2)CC1. The lowest BCUT2D eigenvalue weighted by atomic mass is 9.68. The van der Waals surface area contributed by atoms with Crippen molar-refractivity contribution in [1.82, 2.24) is 0 Å². The number of halogens is 2. The fourth-order valence-corrected chi connectivity index (χ4v) is 5.60. The monoisotopic (exact) mass is 380 g/mol. The van der Waals surface area contributed by atoms with Gasteiger partial charge in [-0.3, -0.25) is 0 Å². The van der Waals surface area contributed by atoms with Crippen molar-refractivity contribution < 1.29 is 9.13 Å². The Kier molecular flexibility index (Phi) is 7.26. The summed E-state index contributed by atoms with van der Waals surface area (Å²) in [6, 6.07) is 3.67. The van der Waals surface area contributed by atoms with E-state index in [2.05, 4.69) is 6.92 Å². The number of ether oxygens (including phenoxy) is 1. The number of hydrogen-bond donors (Lipinski definition) is 0. The molecule has 3 rings (SSSR count). The Morgan fingerprint density at radius 1 is 0.962 bits per heavy atom. The highest BCUT2D eigenvalue weighted by atomic mass is 35.5. The molecule has 0 bridgehead atoms. The number of rotatable bonds is 6. The summed E-state index contributed by atoms with van der Waals surface area (Å²) in [6.45, 7) is 4.61. The van der Waals surface area contributed by atoms with Crippen LogP contribution in [-0.2, 0) is 0 Å². The van der Waals surface area contributed by atoms with Crippen LogP contribution >= 0.6 is 11.6 Å². The zero-order valence-electron chi connectivity index (χ0n) is 16.4. The van der Waals surface area contributed by atoms with E-state index >= 15 is 0 Å². The summed E-state index contributed by atoms with van der Waals surface area (Å²) in [5, 5.41) is 0.380. The zero-order valence-corrected chi connectivity index (χ0v) is 17.2. The molecule has 2 saturated carbocycles. The highest BCUT2D eigenvalue weighted by Gasteiger charge is 2.32. The molecule has 2 aliphatic rings. The first-order valence-corrected chi connectivity index (χ1v) is 11.1. The fraction of sp³-hybridized carbons (Fsp3) is 0.739. The highest BCUT2D eigenvalue weighted by Crippen LogP contribution is 2.46. The lowest BCUT2D eigenvalue weighted by molar-refractivity contribution is 0.156. The molecule has 1 aromatic carbocycles. The van der Waals surface area contributed by atoms with E-state index in [0.29, 0.717) is 17.5 Å². The van der Waals surface area contributed by atoms with Crippen LogP contribution < -0.4 is 4.74 Å². The molecular formula is C23H34ClFO. The van der Waals surface area contributed by atoms with Crippen molar-refractivity contribution in [2.75, 3.05) is 6.61 Å². The first-order chi connectivity index (χ1) is 12.6. The van der Waals surface area contributed by atoms with E-state index in [9.17, 15) is 4.39 Å². The van der Waals surface area contributed by atoms with Crippen molar-refractivity contribution in [1.29, 1.82) is 0 Å². The van der Waals surface area contributed by atoms with E-state index < -0.39 is 0 Å². The van der Waals surface area contributed by atoms with Crippen molar-refractivity contribution in [3.8, 4) is 5.75 Å². The minimum Gasteiger partial charge on any atom is -0.489 e. The Morgan fingerprint density at radius 3 is 2.15 bits per heavy atom. The molecule has 0 heterocycles. The van der Waals surface area contributed by atoms with Gasteiger partial charge in [-0.15, -0.1) is 0 Å². The zero-order chi connectivity index (χ0) is 18.5. The Bertz CT molecular complexity index is 572. The largest absolute Gasteiger partial charge is 0.489 e. The molecule has 146 valence electrons. The van der Waals surface area contributed by atoms with Crippen LogP contribution in [0.5, 0.6) is 5.75 Å². The van der Waals surface area contributed by atoms with Crippen LogP contribution in [0.15, 0.2) is 12.1 Å². The smallest absolute Gasteiger partial charge is 0.173 e. The van der Waals surface area contributed by atoms with Crippen molar-refractivity contribution in [2.45, 2.75) is 84.0 Å². The van der Waals surface area contributed by atoms with Crippen LogP contribution in [0.1, 0.15) is 89.5 Å². The van der Waals surface area contributed by atoms with E-state index in [0.717, 1.165) is 36.2 Å². The molecule has 2 fully saturated rings. The van der Waals surface area contributed by atoms with E-state index in [1.807, 2.05) is 13.0 Å². The highest BCUT2D eigenvalue weighted by molar-refractivity contribution is 6.32. The van der Waals surface area contributed by atoms with Crippen LogP contribution in [0.3, 0.4) is 0 Å². The van der Waals surface area contributed by atoms with E-state index in [-0.39, 0.29) is 11.6 Å². The Balaban J connectivity index is 1.57. The van der Waals surface area contributed by atoms with E-state index in [1.165, 1.54) is 51.4 Å². The van der Waals surface area contributed by atoms with Crippen LogP contribution in [0.4, 0.5) is 4.39 Å². The molecule has 0 saturated heterocycles. The second kappa shape index (κ2) is 9.44. The van der Waals surface area contributed by atoms with Gasteiger partial charge in [0.15, 0.2) is 11.6 Å². The van der Waals surface area contributed by atoms with Gasteiger partial charge in [-0.05, 0) is 80.8 Å². The molecule has 0 atom stereocenters. The normalized spacial score (nSPS) is 29.5. The van der Waals surface area contributed by atoms with Gasteiger partial charge in [0.25, 0.3) is 0 Å². The lowest BCUT2D eigenvalue weighted by Gasteiger charge is -2.38. The van der Waals surface area contributed by atoms with Gasteiger partial charge in [-0.25, -0.2) is 4.39 Å². The second-order valence-electron chi connectivity index (χ2n) is 8.39. The van der Waals surface area contributed by atoms with Crippen LogP contribution in [0.25, 0.3) is 0 Å². The molecule has 0 radical (unpaired) electrons. The minimum absolute atomic E-state index is 0.233. The Hall–Kier alpha value is -0.760. The Morgan fingerprint density at radius 2 is 1.58 bits per heavy atom. The van der Waals surface area contributed by atoms with Crippen molar-refractivity contribution in [3.63, 3.8) is 0 Å². The van der Waals surface area contributed by atoms with Gasteiger partial charge < -0.3 is 4.74 Å². The molecule has 3 heteroatoms. The molecule has 1 aromatic rings. The van der Waals surface area contributed by atoms with Gasteiger partial charge in [0.1, 0.15) is 0 Å². The third-order valence-electron chi connectivity index (χ3n) is 6.83. The van der Waals surface area contributed by atoms with Crippen LogP contribution in [0.2, 0.25) is 5.02 Å². The molecule has 26 heavy (non-hydrogen) atoms. The van der Waals surface area contributed by atoms with Gasteiger partial charge in [0.2, 0.25) is 0 Å². The third-order valence-corrected chi connectivity index (χ3v) is 7.13. The first-order valence-electron chi connectivity index (χ1n) is 10.7. The summed E-state index contributed by atoms with van der Waals surface area (Å²) >= 11 is 6.11. The maximum absolute atomic E-state index is 14.9. The van der Waals surface area contributed by atoms with Gasteiger partial charge in [-0.2, -0.15) is 0 Å². The molecule has 0 spiro atoms. The molecule has 0 aromatic heterocycles. The molecule has 0 unspecified atom stereocenters. The molecule has 0 aliphatic heterocycles. The molecular weight excluding hydrogens is 347 g/mol. The minimum atomic E-state index is -0.233. The van der Waals surface area contributed by atoms with Gasteiger partial charge in [0, 0.05) is 0 Å². The fourth-order valence-electron chi connectivity index (χ4n) is 5.40. The summed E-state index contributed by atoms with van der Waals surface area (Å²) in [5.41, 5.74) is 0.808. The van der Waals surface area contributed by atoms with E-state index in [1.54, 1.807) is 6.07 Å². The molecule has 0 N–H and O–H groups in total. The molecule has 0 amide bonds. The summed E-state index contributed by atoms with van der Waals surface area (Å²) in [6.07, 6.45) is 13.2. The van der Waals surface area contributed by atoms with Gasteiger partial charge in [-0.1, -0.05) is 50.3 Å². The van der Waals surface area contributed by atoms with Crippen molar-refractivity contribution in [2.24, 2.45) is 17.8 Å². The lowest BCUT2D eigenvalue weighted by Crippen LogP contribution is -2.25. The molecule has 1 nitrogen and oxygen atoms in total. The quantitative estimate of drug-likeness (QED) is 0.490. The van der Waals surface area contributed by atoms with Gasteiger partial charge in [0.05, 0.1) is 11.6 Å². The van der Waals surface area contributed by atoms with Crippen LogP contribution in [0, 0.1) is 23.6 Å².